The number of benzene rings is 1. The average Bonchev–Trinajstić information content (AvgIpc) is 2.15. The van der Waals surface area contributed by atoms with Gasteiger partial charge < -0.3 is 5.32 Å². The van der Waals surface area contributed by atoms with Crippen molar-refractivity contribution in [3.8, 4) is 0 Å². The van der Waals surface area contributed by atoms with Gasteiger partial charge in [0, 0.05) is 5.56 Å². The number of halogens is 1. The minimum atomic E-state index is -0.164. The molecule has 2 heteroatoms. The van der Waals surface area contributed by atoms with E-state index in [2.05, 4.69) is 5.32 Å². The van der Waals surface area contributed by atoms with E-state index >= 15 is 0 Å². The summed E-state index contributed by atoms with van der Waals surface area (Å²) in [5.74, 6) is -0.164. The predicted molar refractivity (Wildman–Crippen MR) is 54.0 cm³/mol. The van der Waals surface area contributed by atoms with Gasteiger partial charge in [-0.25, -0.2) is 4.39 Å². The van der Waals surface area contributed by atoms with Gasteiger partial charge in [-0.05, 0) is 26.1 Å². The number of hydrogen-bond acceptors (Lipinski definition) is 1. The SMILES string of the molecule is CNCCC=Cc1ccccc1F. The molecule has 0 aliphatic heterocycles. The van der Waals surface area contributed by atoms with Crippen molar-refractivity contribution in [3.05, 3.63) is 41.7 Å². The van der Waals surface area contributed by atoms with Gasteiger partial charge in [0.1, 0.15) is 5.82 Å². The summed E-state index contributed by atoms with van der Waals surface area (Å²) < 4.78 is 13.0. The average molecular weight is 179 g/mol. The molecule has 0 fully saturated rings. The van der Waals surface area contributed by atoms with Crippen molar-refractivity contribution < 1.29 is 4.39 Å². The fourth-order valence-corrected chi connectivity index (χ4v) is 1.05. The molecule has 0 heterocycles. The van der Waals surface area contributed by atoms with E-state index in [1.165, 1.54) is 6.07 Å². The van der Waals surface area contributed by atoms with Crippen LogP contribution in [-0.2, 0) is 0 Å². The zero-order valence-electron chi connectivity index (χ0n) is 7.76. The van der Waals surface area contributed by atoms with E-state index in [1.807, 2.05) is 25.3 Å². The van der Waals surface area contributed by atoms with E-state index in [0.717, 1.165) is 13.0 Å². The summed E-state index contributed by atoms with van der Waals surface area (Å²) in [6.45, 7) is 0.922. The summed E-state index contributed by atoms with van der Waals surface area (Å²) in [5, 5.41) is 3.02. The molecule has 0 radical (unpaired) electrons. The van der Waals surface area contributed by atoms with Crippen LogP contribution >= 0.6 is 0 Å². The molecule has 13 heavy (non-hydrogen) atoms. The summed E-state index contributed by atoms with van der Waals surface area (Å²) in [7, 11) is 1.90. The Balaban J connectivity index is 2.53. The first-order chi connectivity index (χ1) is 6.34. The molecule has 70 valence electrons. The second kappa shape index (κ2) is 5.49. The Morgan fingerprint density at radius 3 is 2.85 bits per heavy atom. The zero-order chi connectivity index (χ0) is 9.52. The highest BCUT2D eigenvalue weighted by molar-refractivity contribution is 5.49. The van der Waals surface area contributed by atoms with Crippen LogP contribution in [-0.4, -0.2) is 13.6 Å². The van der Waals surface area contributed by atoms with E-state index < -0.39 is 0 Å². The molecular weight excluding hydrogens is 165 g/mol. The molecule has 1 N–H and O–H groups in total. The summed E-state index contributed by atoms with van der Waals surface area (Å²) in [5.41, 5.74) is 0.651. The maximum atomic E-state index is 13.0. The van der Waals surface area contributed by atoms with E-state index in [0.29, 0.717) is 5.56 Å². The van der Waals surface area contributed by atoms with Crippen LogP contribution in [0.1, 0.15) is 12.0 Å². The quantitative estimate of drug-likeness (QED) is 0.700. The van der Waals surface area contributed by atoms with E-state index in [9.17, 15) is 4.39 Å². The first-order valence-electron chi connectivity index (χ1n) is 4.40. The Hall–Kier alpha value is -1.15. The molecule has 0 unspecified atom stereocenters. The van der Waals surface area contributed by atoms with Crippen molar-refractivity contribution in [1.29, 1.82) is 0 Å². The molecule has 1 aromatic rings. The molecule has 0 spiro atoms. The topological polar surface area (TPSA) is 12.0 Å². The van der Waals surface area contributed by atoms with Gasteiger partial charge in [-0.2, -0.15) is 0 Å². The lowest BCUT2D eigenvalue weighted by Crippen LogP contribution is -2.05. The second-order valence-electron chi connectivity index (χ2n) is 2.82. The number of rotatable bonds is 4. The van der Waals surface area contributed by atoms with Crippen molar-refractivity contribution in [2.45, 2.75) is 6.42 Å². The molecular formula is C11H14FN. The molecule has 1 nitrogen and oxygen atoms in total. The predicted octanol–water partition coefficient (Wildman–Crippen LogP) is 2.45. The summed E-state index contributed by atoms with van der Waals surface area (Å²) >= 11 is 0. The lowest BCUT2D eigenvalue weighted by molar-refractivity contribution is 0.625. The molecule has 0 amide bonds. The van der Waals surface area contributed by atoms with Gasteiger partial charge in [-0.15, -0.1) is 0 Å². The van der Waals surface area contributed by atoms with Crippen molar-refractivity contribution in [2.75, 3.05) is 13.6 Å². The van der Waals surface area contributed by atoms with Crippen LogP contribution in [0, 0.1) is 5.82 Å². The fraction of sp³-hybridized carbons (Fsp3) is 0.273. The Morgan fingerprint density at radius 1 is 1.38 bits per heavy atom. The zero-order valence-corrected chi connectivity index (χ0v) is 7.76. The van der Waals surface area contributed by atoms with Crippen LogP contribution in [0.5, 0.6) is 0 Å². The minimum Gasteiger partial charge on any atom is -0.319 e. The third-order valence-corrected chi connectivity index (χ3v) is 1.76. The summed E-state index contributed by atoms with van der Waals surface area (Å²) in [6, 6.07) is 6.77. The van der Waals surface area contributed by atoms with E-state index in [-0.39, 0.29) is 5.82 Å². The van der Waals surface area contributed by atoms with Crippen molar-refractivity contribution >= 4 is 6.08 Å². The first kappa shape index (κ1) is 9.93. The van der Waals surface area contributed by atoms with Crippen LogP contribution in [0.15, 0.2) is 30.3 Å². The molecule has 0 saturated carbocycles. The Morgan fingerprint density at radius 2 is 2.15 bits per heavy atom. The highest BCUT2D eigenvalue weighted by atomic mass is 19.1. The van der Waals surface area contributed by atoms with Crippen molar-refractivity contribution in [3.63, 3.8) is 0 Å². The normalized spacial score (nSPS) is 10.9. The van der Waals surface area contributed by atoms with E-state index in [1.54, 1.807) is 12.1 Å². The minimum absolute atomic E-state index is 0.164. The molecule has 0 aromatic heterocycles. The standard InChI is InChI=1S/C11H14FN/c1-13-9-5-4-7-10-6-2-3-8-11(10)12/h2-4,6-8,13H,5,9H2,1H3. The van der Waals surface area contributed by atoms with Crippen LogP contribution in [0.2, 0.25) is 0 Å². The maximum absolute atomic E-state index is 13.0. The van der Waals surface area contributed by atoms with Gasteiger partial charge in [0.15, 0.2) is 0 Å². The van der Waals surface area contributed by atoms with Crippen LogP contribution in [0.4, 0.5) is 4.39 Å². The molecule has 1 rings (SSSR count). The number of nitrogens with one attached hydrogen (secondary N) is 1. The first-order valence-corrected chi connectivity index (χ1v) is 4.40. The van der Waals surface area contributed by atoms with Crippen molar-refractivity contribution in [2.24, 2.45) is 0 Å². The maximum Gasteiger partial charge on any atom is 0.130 e. The molecule has 0 aliphatic carbocycles. The van der Waals surface area contributed by atoms with Gasteiger partial charge in [-0.1, -0.05) is 30.4 Å². The molecule has 0 saturated heterocycles. The largest absolute Gasteiger partial charge is 0.319 e. The fourth-order valence-electron chi connectivity index (χ4n) is 1.05. The van der Waals surface area contributed by atoms with Crippen LogP contribution < -0.4 is 5.32 Å². The van der Waals surface area contributed by atoms with Crippen molar-refractivity contribution in [1.82, 2.24) is 5.32 Å². The Bertz CT molecular complexity index is 281. The highest BCUT2D eigenvalue weighted by Crippen LogP contribution is 2.08. The smallest absolute Gasteiger partial charge is 0.130 e. The van der Waals surface area contributed by atoms with Gasteiger partial charge in [0.05, 0.1) is 0 Å². The van der Waals surface area contributed by atoms with Gasteiger partial charge in [0.25, 0.3) is 0 Å². The summed E-state index contributed by atoms with van der Waals surface area (Å²) in [6.07, 6.45) is 4.70. The van der Waals surface area contributed by atoms with E-state index in [4.69, 9.17) is 0 Å². The Kier molecular flexibility index (Phi) is 4.19. The Labute approximate surface area is 78.3 Å². The lowest BCUT2D eigenvalue weighted by atomic mass is 10.2. The third-order valence-electron chi connectivity index (χ3n) is 1.76. The monoisotopic (exact) mass is 179 g/mol. The van der Waals surface area contributed by atoms with Gasteiger partial charge in [-0.3, -0.25) is 0 Å². The second-order valence-corrected chi connectivity index (χ2v) is 2.82. The molecule has 0 atom stereocenters. The summed E-state index contributed by atoms with van der Waals surface area (Å²) in [4.78, 5) is 0. The molecule has 1 aromatic carbocycles. The van der Waals surface area contributed by atoms with Crippen LogP contribution in [0.25, 0.3) is 6.08 Å². The van der Waals surface area contributed by atoms with Gasteiger partial charge in [0.2, 0.25) is 0 Å². The highest BCUT2D eigenvalue weighted by Gasteiger charge is 1.93. The number of hydrogen-bond donors (Lipinski definition) is 1. The lowest BCUT2D eigenvalue weighted by Gasteiger charge is -1.95. The molecule has 0 bridgehead atoms. The third kappa shape index (κ3) is 3.38. The van der Waals surface area contributed by atoms with Gasteiger partial charge >= 0.3 is 0 Å². The molecule has 0 aliphatic rings. The van der Waals surface area contributed by atoms with Crippen LogP contribution in [0.3, 0.4) is 0 Å².